The third-order valence-electron chi connectivity index (χ3n) is 2.27. The monoisotopic (exact) mass is 233 g/mol. The number of rotatable bonds is 5. The van der Waals surface area contributed by atoms with Gasteiger partial charge in [0.2, 0.25) is 0 Å². The Kier molecular flexibility index (Phi) is 5.20. The number of hydrogen-bond acceptors (Lipinski definition) is 3. The summed E-state index contributed by atoms with van der Waals surface area (Å²) in [5.41, 5.74) is 0.606. The van der Waals surface area contributed by atoms with E-state index in [0.29, 0.717) is 5.56 Å². The second kappa shape index (κ2) is 6.68. The number of hydrogen-bond donors (Lipinski definition) is 1. The molecule has 1 N–H and O–H groups in total. The fourth-order valence-corrected chi connectivity index (χ4v) is 1.33. The first kappa shape index (κ1) is 13.2. The van der Waals surface area contributed by atoms with Crippen LogP contribution >= 0.6 is 0 Å². The summed E-state index contributed by atoms with van der Waals surface area (Å²) in [6.07, 6.45) is 6.68. The van der Waals surface area contributed by atoms with Gasteiger partial charge in [0.05, 0.1) is 5.56 Å². The van der Waals surface area contributed by atoms with Crippen LogP contribution in [0.2, 0.25) is 0 Å². The van der Waals surface area contributed by atoms with E-state index in [4.69, 9.17) is 0 Å². The van der Waals surface area contributed by atoms with Crippen molar-refractivity contribution < 1.29 is 4.79 Å². The van der Waals surface area contributed by atoms with Crippen LogP contribution in [0.3, 0.4) is 0 Å². The molecule has 0 aliphatic carbocycles. The second-order valence-electron chi connectivity index (χ2n) is 3.92. The molecule has 1 aromatic heterocycles. The normalized spacial score (nSPS) is 10.5. The minimum Gasteiger partial charge on any atom is -0.370 e. The first-order valence-electron chi connectivity index (χ1n) is 5.68. The summed E-state index contributed by atoms with van der Waals surface area (Å²) in [4.78, 5) is 17.3. The summed E-state index contributed by atoms with van der Waals surface area (Å²) in [6.45, 7) is 2.85. The van der Waals surface area contributed by atoms with Crippen molar-refractivity contribution in [3.63, 3.8) is 0 Å². The highest BCUT2D eigenvalue weighted by Crippen LogP contribution is 2.06. The van der Waals surface area contributed by atoms with Gasteiger partial charge in [0, 0.05) is 26.8 Å². The molecule has 0 aromatic carbocycles. The SMILES string of the molecule is C/C=C/CCNc1ccc(C(=O)N(C)C)cn1. The zero-order valence-corrected chi connectivity index (χ0v) is 10.6. The van der Waals surface area contributed by atoms with Crippen LogP contribution in [-0.4, -0.2) is 36.4 Å². The summed E-state index contributed by atoms with van der Waals surface area (Å²) in [5, 5.41) is 3.19. The number of pyridine rings is 1. The lowest BCUT2D eigenvalue weighted by molar-refractivity contribution is 0.0827. The third-order valence-corrected chi connectivity index (χ3v) is 2.27. The molecule has 1 heterocycles. The van der Waals surface area contributed by atoms with Crippen molar-refractivity contribution in [2.24, 2.45) is 0 Å². The lowest BCUT2D eigenvalue weighted by Crippen LogP contribution is -2.21. The van der Waals surface area contributed by atoms with Gasteiger partial charge in [-0.2, -0.15) is 0 Å². The number of anilines is 1. The average molecular weight is 233 g/mol. The standard InChI is InChI=1S/C13H19N3O/c1-4-5-6-9-14-12-8-7-11(10-15-12)13(17)16(2)3/h4-5,7-8,10H,6,9H2,1-3H3,(H,14,15)/b5-4+. The van der Waals surface area contributed by atoms with Crippen molar-refractivity contribution >= 4 is 11.7 Å². The van der Waals surface area contributed by atoms with Crippen molar-refractivity contribution in [2.45, 2.75) is 13.3 Å². The molecule has 0 saturated carbocycles. The Balaban J connectivity index is 2.53. The fourth-order valence-electron chi connectivity index (χ4n) is 1.33. The van der Waals surface area contributed by atoms with Crippen molar-refractivity contribution in [1.82, 2.24) is 9.88 Å². The Hall–Kier alpha value is -1.84. The van der Waals surface area contributed by atoms with E-state index in [1.165, 1.54) is 4.90 Å². The van der Waals surface area contributed by atoms with Gasteiger partial charge in [-0.15, -0.1) is 0 Å². The van der Waals surface area contributed by atoms with Crippen molar-refractivity contribution in [3.05, 3.63) is 36.0 Å². The molecule has 0 fully saturated rings. The molecule has 17 heavy (non-hydrogen) atoms. The molecule has 0 atom stereocenters. The highest BCUT2D eigenvalue weighted by Gasteiger charge is 2.07. The van der Waals surface area contributed by atoms with Gasteiger partial charge in [0.1, 0.15) is 5.82 Å². The lowest BCUT2D eigenvalue weighted by Gasteiger charge is -2.10. The number of nitrogens with one attached hydrogen (secondary N) is 1. The highest BCUT2D eigenvalue weighted by molar-refractivity contribution is 5.93. The van der Waals surface area contributed by atoms with E-state index in [9.17, 15) is 4.79 Å². The Morgan fingerprint density at radius 1 is 1.47 bits per heavy atom. The summed E-state index contributed by atoms with van der Waals surface area (Å²) in [5.74, 6) is 0.766. The van der Waals surface area contributed by atoms with Gasteiger partial charge in [-0.25, -0.2) is 4.98 Å². The predicted molar refractivity (Wildman–Crippen MR) is 70.2 cm³/mol. The highest BCUT2D eigenvalue weighted by atomic mass is 16.2. The van der Waals surface area contributed by atoms with E-state index in [2.05, 4.69) is 16.4 Å². The van der Waals surface area contributed by atoms with Gasteiger partial charge in [-0.05, 0) is 25.5 Å². The van der Waals surface area contributed by atoms with Crippen molar-refractivity contribution in [3.8, 4) is 0 Å². The molecule has 0 aliphatic rings. The molecule has 1 rings (SSSR count). The van der Waals surface area contributed by atoms with Crippen molar-refractivity contribution in [1.29, 1.82) is 0 Å². The Labute approximate surface area is 102 Å². The summed E-state index contributed by atoms with van der Waals surface area (Å²) >= 11 is 0. The molecule has 0 radical (unpaired) electrons. The summed E-state index contributed by atoms with van der Waals surface area (Å²) in [7, 11) is 3.46. The van der Waals surface area contributed by atoms with E-state index in [0.717, 1.165) is 18.8 Å². The first-order chi connectivity index (χ1) is 8.15. The maximum atomic E-state index is 11.6. The summed E-state index contributed by atoms with van der Waals surface area (Å²) in [6, 6.07) is 3.61. The van der Waals surface area contributed by atoms with E-state index in [-0.39, 0.29) is 5.91 Å². The van der Waals surface area contributed by atoms with Crippen LogP contribution in [-0.2, 0) is 0 Å². The molecule has 92 valence electrons. The molecule has 0 spiro atoms. The van der Waals surface area contributed by atoms with Crippen LogP contribution in [0.25, 0.3) is 0 Å². The number of carbonyl (C=O) groups is 1. The van der Waals surface area contributed by atoms with E-state index >= 15 is 0 Å². The number of nitrogens with zero attached hydrogens (tertiary/aromatic N) is 2. The topological polar surface area (TPSA) is 45.2 Å². The molecule has 0 unspecified atom stereocenters. The molecule has 1 amide bonds. The molecule has 0 aliphatic heterocycles. The number of aromatic nitrogens is 1. The van der Waals surface area contributed by atoms with Gasteiger partial charge in [-0.3, -0.25) is 4.79 Å². The van der Waals surface area contributed by atoms with Gasteiger partial charge in [0.15, 0.2) is 0 Å². The van der Waals surface area contributed by atoms with Crippen molar-refractivity contribution in [2.75, 3.05) is 26.0 Å². The van der Waals surface area contributed by atoms with Crippen LogP contribution < -0.4 is 5.32 Å². The number of carbonyl (C=O) groups excluding carboxylic acids is 1. The molecule has 4 heteroatoms. The second-order valence-corrected chi connectivity index (χ2v) is 3.92. The van der Waals surface area contributed by atoms with E-state index in [1.54, 1.807) is 26.4 Å². The number of allylic oxidation sites excluding steroid dienone is 1. The molecule has 4 nitrogen and oxygen atoms in total. The van der Waals surface area contributed by atoms with Gasteiger partial charge >= 0.3 is 0 Å². The van der Waals surface area contributed by atoms with Crippen LogP contribution in [0.1, 0.15) is 23.7 Å². The maximum absolute atomic E-state index is 11.6. The molecule has 1 aromatic rings. The zero-order chi connectivity index (χ0) is 12.7. The maximum Gasteiger partial charge on any atom is 0.254 e. The Bertz CT molecular complexity index is 382. The van der Waals surface area contributed by atoms with E-state index < -0.39 is 0 Å². The Morgan fingerprint density at radius 2 is 2.24 bits per heavy atom. The minimum atomic E-state index is -0.0297. The van der Waals surface area contributed by atoms with Gasteiger partial charge < -0.3 is 10.2 Å². The average Bonchev–Trinajstić information content (AvgIpc) is 2.34. The third kappa shape index (κ3) is 4.26. The van der Waals surface area contributed by atoms with Gasteiger partial charge in [-0.1, -0.05) is 12.2 Å². The summed E-state index contributed by atoms with van der Waals surface area (Å²) < 4.78 is 0. The zero-order valence-electron chi connectivity index (χ0n) is 10.6. The van der Waals surface area contributed by atoms with E-state index in [1.807, 2.05) is 19.1 Å². The Morgan fingerprint density at radius 3 is 2.76 bits per heavy atom. The van der Waals surface area contributed by atoms with Crippen LogP contribution in [0.5, 0.6) is 0 Å². The van der Waals surface area contributed by atoms with Gasteiger partial charge in [0.25, 0.3) is 5.91 Å². The van der Waals surface area contributed by atoms with Crippen LogP contribution in [0.15, 0.2) is 30.5 Å². The molecular formula is C13H19N3O. The molecule has 0 saturated heterocycles. The first-order valence-corrected chi connectivity index (χ1v) is 5.68. The minimum absolute atomic E-state index is 0.0297. The fraction of sp³-hybridized carbons (Fsp3) is 0.385. The molecular weight excluding hydrogens is 214 g/mol. The molecule has 0 bridgehead atoms. The lowest BCUT2D eigenvalue weighted by atomic mass is 10.2. The quantitative estimate of drug-likeness (QED) is 0.626. The number of amides is 1. The van der Waals surface area contributed by atoms with Crippen LogP contribution in [0, 0.1) is 0 Å². The van der Waals surface area contributed by atoms with Crippen LogP contribution in [0.4, 0.5) is 5.82 Å². The smallest absolute Gasteiger partial charge is 0.254 e. The largest absolute Gasteiger partial charge is 0.370 e. The predicted octanol–water partition coefficient (Wildman–Crippen LogP) is 2.16.